The summed E-state index contributed by atoms with van der Waals surface area (Å²) in [6, 6.07) is 9.21. The normalized spacial score (nSPS) is 22.3. The number of aromatic nitrogens is 4. The Morgan fingerprint density at radius 1 is 0.407 bits per heavy atom. The van der Waals surface area contributed by atoms with Crippen LogP contribution in [0.1, 0.15) is 129 Å². The van der Waals surface area contributed by atoms with Gasteiger partial charge >= 0.3 is 23.9 Å². The van der Waals surface area contributed by atoms with Gasteiger partial charge in [0.2, 0.25) is 11.8 Å². The van der Waals surface area contributed by atoms with Crippen LogP contribution >= 0.6 is 0 Å². The lowest BCUT2D eigenvalue weighted by molar-refractivity contribution is -0.176. The number of carbonyl (C=O) groups is 8. The number of rotatable bonds is 18. The van der Waals surface area contributed by atoms with Crippen molar-refractivity contribution in [3.8, 4) is 11.8 Å². The van der Waals surface area contributed by atoms with E-state index in [4.69, 9.17) is 28.4 Å². The van der Waals surface area contributed by atoms with Gasteiger partial charge in [0.1, 0.15) is 24.2 Å². The highest BCUT2D eigenvalue weighted by Gasteiger charge is 2.43. The molecule has 4 amide bonds. The van der Waals surface area contributed by atoms with Gasteiger partial charge in [0.15, 0.2) is 24.4 Å². The molecule has 22 nitrogen and oxygen atoms in total. The maximum absolute atomic E-state index is 15.1. The zero-order valence-electron chi connectivity index (χ0n) is 52.8. The summed E-state index contributed by atoms with van der Waals surface area (Å²) in [6.45, 7) is 17.4. The van der Waals surface area contributed by atoms with Gasteiger partial charge in [-0.15, -0.1) is 0 Å². The number of ether oxygens (including phenoxy) is 6. The molecule has 3 heterocycles. The number of hydrogen-bond acceptors (Lipinski definition) is 18. The van der Waals surface area contributed by atoms with Crippen LogP contribution in [-0.4, -0.2) is 178 Å². The Hall–Kier alpha value is -8.04. The molecule has 1 saturated heterocycles. The molecular weight excluding hydrogens is 1100 g/mol. The molecule has 0 bridgehead atoms. The van der Waals surface area contributed by atoms with Gasteiger partial charge in [-0.2, -0.15) is 0 Å². The van der Waals surface area contributed by atoms with Gasteiger partial charge in [0.05, 0.1) is 38.0 Å². The van der Waals surface area contributed by atoms with Crippen LogP contribution in [0.2, 0.25) is 0 Å². The molecule has 0 radical (unpaired) electrons. The van der Waals surface area contributed by atoms with Crippen molar-refractivity contribution in [3.63, 3.8) is 0 Å². The minimum atomic E-state index is -1.56. The molecule has 5 rings (SSSR count). The topological polar surface area (TPSA) is 256 Å². The molecule has 86 heavy (non-hydrogen) atoms. The second-order valence-corrected chi connectivity index (χ2v) is 23.9. The molecule has 4 aromatic rings. The second-order valence-electron chi connectivity index (χ2n) is 23.9. The summed E-state index contributed by atoms with van der Waals surface area (Å²) < 4.78 is 34.7. The average Bonchev–Trinajstić information content (AvgIpc) is 2.62. The van der Waals surface area contributed by atoms with E-state index in [0.29, 0.717) is 47.1 Å². The first kappa shape index (κ1) is 68.7. The summed E-state index contributed by atoms with van der Waals surface area (Å²) in [4.78, 5) is 140. The highest BCUT2D eigenvalue weighted by Crippen LogP contribution is 2.25. The number of amides is 4. The van der Waals surface area contributed by atoms with Gasteiger partial charge in [0, 0.05) is 66.3 Å². The Morgan fingerprint density at radius 2 is 0.674 bits per heavy atom. The van der Waals surface area contributed by atoms with Crippen LogP contribution in [0.25, 0.3) is 0 Å². The molecule has 0 saturated carbocycles. The van der Waals surface area contributed by atoms with Gasteiger partial charge in [-0.3, -0.25) is 29.1 Å². The third-order valence-corrected chi connectivity index (χ3v) is 14.9. The molecule has 0 unspecified atom stereocenters. The van der Waals surface area contributed by atoms with E-state index in [1.165, 1.54) is 68.7 Å². The third-order valence-electron chi connectivity index (χ3n) is 14.9. The molecule has 8 atom stereocenters. The number of methoxy groups -OCH3 is 2. The van der Waals surface area contributed by atoms with Crippen LogP contribution in [-0.2, 0) is 83.0 Å². The van der Waals surface area contributed by atoms with Gasteiger partial charge in [-0.1, -0.05) is 104 Å². The van der Waals surface area contributed by atoms with Crippen molar-refractivity contribution in [2.45, 2.75) is 169 Å². The SMILES string of the molecule is COc1cncc(Cc2ccc(C[C@H]3OC(=O)[C@H](CC(C)C)N(C)C(=O)[C@@H](C)OC(=O)[C@H](CC(C)C)N(C)C(=O)[C@@H](Cc4ccc(Cc5cncc(OC)n5)cc4)OC(=O)[C@H](CC(C)C)N(C)C(=O)[C@@H](C)OC(=O)[C@H](CC(C)C)N(C)C3=O)cc2)n1. The molecule has 2 aromatic heterocycles. The summed E-state index contributed by atoms with van der Waals surface area (Å²) in [5.74, 6) is -6.95. The minimum absolute atomic E-state index is 0.0635. The van der Waals surface area contributed by atoms with E-state index in [1.54, 1.807) is 36.7 Å². The maximum atomic E-state index is 15.1. The summed E-state index contributed by atoms with van der Waals surface area (Å²) in [6.07, 6.45) is 0.839. The van der Waals surface area contributed by atoms with Crippen LogP contribution in [0.5, 0.6) is 11.8 Å². The van der Waals surface area contributed by atoms with E-state index in [-0.39, 0.29) is 62.2 Å². The number of likely N-dealkylation sites (N-methyl/N-ethyl adjacent to an activating group) is 4. The molecule has 1 aliphatic rings. The highest BCUT2D eigenvalue weighted by molar-refractivity contribution is 5.94. The van der Waals surface area contributed by atoms with Crippen molar-refractivity contribution < 1.29 is 66.8 Å². The van der Waals surface area contributed by atoms with Gasteiger partial charge < -0.3 is 48.0 Å². The molecule has 2 aromatic carbocycles. The minimum Gasteiger partial charge on any atom is -0.480 e. The molecule has 0 spiro atoms. The number of nitrogens with zero attached hydrogens (tertiary/aromatic N) is 8. The molecule has 22 heteroatoms. The van der Waals surface area contributed by atoms with Crippen molar-refractivity contribution in [2.75, 3.05) is 42.4 Å². The summed E-state index contributed by atoms with van der Waals surface area (Å²) in [7, 11) is 8.52. The van der Waals surface area contributed by atoms with Crippen molar-refractivity contribution in [1.29, 1.82) is 0 Å². The Morgan fingerprint density at radius 3 is 0.953 bits per heavy atom. The Bertz CT molecular complexity index is 2740. The molecular formula is C64H88N8O14. The number of benzene rings is 2. The number of hydrogen-bond donors (Lipinski definition) is 0. The molecule has 468 valence electrons. The number of esters is 4. The van der Waals surface area contributed by atoms with Crippen molar-refractivity contribution in [3.05, 3.63) is 107 Å². The van der Waals surface area contributed by atoms with Crippen LogP contribution < -0.4 is 9.47 Å². The van der Waals surface area contributed by atoms with Crippen LogP contribution in [0.4, 0.5) is 0 Å². The lowest BCUT2D eigenvalue weighted by atomic mass is 9.99. The first-order chi connectivity index (χ1) is 40.6. The second kappa shape index (κ2) is 31.9. The number of cyclic esters (lactones) is 4. The number of carbonyl (C=O) groups excluding carboxylic acids is 8. The van der Waals surface area contributed by atoms with E-state index in [0.717, 1.165) is 30.7 Å². The fraction of sp³-hybridized carbons (Fsp3) is 0.562. The Labute approximate surface area is 506 Å². The van der Waals surface area contributed by atoms with E-state index in [2.05, 4.69) is 19.9 Å². The first-order valence-electron chi connectivity index (χ1n) is 29.3. The van der Waals surface area contributed by atoms with E-state index in [1.807, 2.05) is 79.7 Å². The first-order valence-corrected chi connectivity index (χ1v) is 29.3. The van der Waals surface area contributed by atoms with Gasteiger partial charge in [-0.25, -0.2) is 29.1 Å². The lowest BCUT2D eigenvalue weighted by Gasteiger charge is -2.35. The fourth-order valence-corrected chi connectivity index (χ4v) is 10.1. The summed E-state index contributed by atoms with van der Waals surface area (Å²) in [5, 5.41) is 0. The van der Waals surface area contributed by atoms with Gasteiger partial charge in [-0.05, 0) is 85.5 Å². The summed E-state index contributed by atoms with van der Waals surface area (Å²) >= 11 is 0. The van der Waals surface area contributed by atoms with Crippen LogP contribution in [0.15, 0.2) is 73.3 Å². The standard InChI is InChI=1S/C64H88N8O14/c1-37(2)25-49-61(77)83-41(9)57(73)69(11)52(28-40(7)8)64(80)86-54(32-46-23-19-44(20-24-46)30-48-34-66-36-56(68-48)82-16)60(76)72(14)50(26-38(3)4)62(78)84-42(10)58(74)70(12)51(27-39(5)6)63(79)85-53(59(75)71(49)13)31-45-21-17-43(18-22-45)29-47-33-65-35-55(67-47)81-15/h17-24,33-42,49-54H,25-32H2,1-16H3/t41-,42-,49+,50+,51+,52+,53-,54-/m1/s1. The zero-order chi connectivity index (χ0) is 63.7. The van der Waals surface area contributed by atoms with E-state index < -0.39 is 96.1 Å². The highest BCUT2D eigenvalue weighted by atomic mass is 16.6. The van der Waals surface area contributed by atoms with Gasteiger partial charge in [0.25, 0.3) is 23.6 Å². The lowest BCUT2D eigenvalue weighted by Crippen LogP contribution is -2.55. The predicted octanol–water partition coefficient (Wildman–Crippen LogP) is 6.44. The van der Waals surface area contributed by atoms with Crippen molar-refractivity contribution in [2.24, 2.45) is 23.7 Å². The Balaban J connectivity index is 1.58. The van der Waals surface area contributed by atoms with Crippen LogP contribution in [0.3, 0.4) is 0 Å². The van der Waals surface area contributed by atoms with Crippen LogP contribution in [0, 0.1) is 23.7 Å². The maximum Gasteiger partial charge on any atom is 0.329 e. The molecule has 1 aliphatic heterocycles. The average molecular weight is 1190 g/mol. The third kappa shape index (κ3) is 19.5. The van der Waals surface area contributed by atoms with Crippen molar-refractivity contribution in [1.82, 2.24) is 39.5 Å². The Kier molecular flexibility index (Phi) is 25.5. The van der Waals surface area contributed by atoms with E-state index >= 15 is 9.59 Å². The van der Waals surface area contributed by atoms with E-state index in [9.17, 15) is 28.8 Å². The summed E-state index contributed by atoms with van der Waals surface area (Å²) in [5.41, 5.74) is 4.18. The fourth-order valence-electron chi connectivity index (χ4n) is 10.1. The smallest absolute Gasteiger partial charge is 0.329 e. The zero-order valence-corrected chi connectivity index (χ0v) is 52.8. The molecule has 0 N–H and O–H groups in total. The molecule has 0 aliphatic carbocycles. The van der Waals surface area contributed by atoms with Crippen molar-refractivity contribution >= 4 is 47.5 Å². The molecule has 1 fully saturated rings. The largest absolute Gasteiger partial charge is 0.480 e. The monoisotopic (exact) mass is 1190 g/mol. The quantitative estimate of drug-likeness (QED) is 0.0766. The predicted molar refractivity (Wildman–Crippen MR) is 318 cm³/mol.